The van der Waals surface area contributed by atoms with Gasteiger partial charge in [0.25, 0.3) is 5.91 Å². The van der Waals surface area contributed by atoms with E-state index in [9.17, 15) is 10.1 Å². The monoisotopic (exact) mass is 420 g/mol. The minimum atomic E-state index is -0.538. The molecule has 3 heterocycles. The van der Waals surface area contributed by atoms with Gasteiger partial charge in [0.15, 0.2) is 6.10 Å². The number of nitrogens with zero attached hydrogens (tertiary/aromatic N) is 5. The zero-order valence-electron chi connectivity index (χ0n) is 17.8. The number of rotatable bonds is 5. The lowest BCUT2D eigenvalue weighted by atomic mass is 10.1. The van der Waals surface area contributed by atoms with Crippen molar-refractivity contribution < 1.29 is 9.53 Å². The van der Waals surface area contributed by atoms with Crippen LogP contribution in [0.1, 0.15) is 31.7 Å². The second kappa shape index (κ2) is 8.40. The molecule has 0 radical (unpaired) electrons. The number of likely N-dealkylation sites (tertiary alicyclic amines) is 1. The molecule has 1 N–H and O–H groups in total. The summed E-state index contributed by atoms with van der Waals surface area (Å²) in [6.07, 6.45) is 6.30. The number of fused-ring (bicyclic) bond motifs is 1. The van der Waals surface area contributed by atoms with Crippen LogP contribution in [0.15, 0.2) is 24.5 Å². The van der Waals surface area contributed by atoms with Gasteiger partial charge in [-0.25, -0.2) is 0 Å². The normalized spacial score (nSPS) is 26.7. The van der Waals surface area contributed by atoms with Crippen LogP contribution in [-0.4, -0.2) is 71.7 Å². The van der Waals surface area contributed by atoms with Gasteiger partial charge in [0.2, 0.25) is 0 Å². The molecular weight excluding hydrogens is 392 g/mol. The minimum absolute atomic E-state index is 0.0427. The van der Waals surface area contributed by atoms with Crippen LogP contribution in [-0.2, 0) is 9.53 Å². The first kappa shape index (κ1) is 20.2. The lowest BCUT2D eigenvalue weighted by Gasteiger charge is -2.38. The number of carbonyl (C=O) groups excluding carboxylic acids is 1. The van der Waals surface area contributed by atoms with E-state index in [0.717, 1.165) is 31.1 Å². The predicted octanol–water partition coefficient (Wildman–Crippen LogP) is 1.70. The number of nitrogens with one attached hydrogen (secondary N) is 1. The first-order chi connectivity index (χ1) is 15.1. The molecule has 1 aromatic heterocycles. The highest BCUT2D eigenvalue weighted by molar-refractivity contribution is 5.92. The first-order valence-corrected chi connectivity index (χ1v) is 11.2. The third kappa shape index (κ3) is 4.34. The summed E-state index contributed by atoms with van der Waals surface area (Å²) in [5, 5.41) is 12.6. The Bertz CT molecular complexity index is 1020. The second-order valence-electron chi connectivity index (χ2n) is 9.04. The average molecular weight is 421 g/mol. The van der Waals surface area contributed by atoms with Crippen molar-refractivity contribution in [1.29, 1.82) is 5.26 Å². The number of anilines is 1. The molecule has 0 bridgehead atoms. The number of carbonyl (C=O) groups is 1. The van der Waals surface area contributed by atoms with Crippen LogP contribution in [0.25, 0.3) is 11.0 Å². The van der Waals surface area contributed by atoms with Crippen molar-refractivity contribution in [3.63, 3.8) is 0 Å². The Kier molecular flexibility index (Phi) is 5.47. The fraction of sp³-hybridized carbons (Fsp3) is 0.565. The van der Waals surface area contributed by atoms with Gasteiger partial charge >= 0.3 is 0 Å². The summed E-state index contributed by atoms with van der Waals surface area (Å²) in [6.45, 7) is 6.25. The molecule has 2 aliphatic heterocycles. The van der Waals surface area contributed by atoms with Crippen molar-refractivity contribution >= 4 is 22.6 Å². The molecule has 8 nitrogen and oxygen atoms in total. The maximum absolute atomic E-state index is 13.0. The third-order valence-corrected chi connectivity index (χ3v) is 6.45. The highest BCUT2D eigenvalue weighted by Gasteiger charge is 2.35. The van der Waals surface area contributed by atoms with Gasteiger partial charge in [0.1, 0.15) is 17.1 Å². The Morgan fingerprint density at radius 1 is 1.19 bits per heavy atom. The number of morpholine rings is 1. The molecule has 2 saturated heterocycles. The Balaban J connectivity index is 1.29. The van der Waals surface area contributed by atoms with Gasteiger partial charge in [0, 0.05) is 44.6 Å². The van der Waals surface area contributed by atoms with E-state index in [0.29, 0.717) is 29.7 Å². The van der Waals surface area contributed by atoms with Crippen molar-refractivity contribution in [2.75, 3.05) is 37.6 Å². The number of hydrogen-bond donors (Lipinski definition) is 1. The van der Waals surface area contributed by atoms with Gasteiger partial charge in [0.05, 0.1) is 23.9 Å². The zero-order valence-corrected chi connectivity index (χ0v) is 17.8. The van der Waals surface area contributed by atoms with Gasteiger partial charge in [-0.2, -0.15) is 5.26 Å². The zero-order chi connectivity index (χ0) is 21.4. The fourth-order valence-corrected chi connectivity index (χ4v) is 4.76. The number of hydrogen-bond acceptors (Lipinski definition) is 7. The SMILES string of the molecule is C[C@@H]1CN(c2ccc(C#N)c3nccnc23)C[C@H](C(=O)N[C@H]2CCN(CC3CC3)C2)O1. The Morgan fingerprint density at radius 2 is 2.00 bits per heavy atom. The highest BCUT2D eigenvalue weighted by atomic mass is 16.5. The summed E-state index contributed by atoms with van der Waals surface area (Å²) >= 11 is 0. The smallest absolute Gasteiger partial charge is 0.251 e. The lowest BCUT2D eigenvalue weighted by Crippen LogP contribution is -2.54. The van der Waals surface area contributed by atoms with Gasteiger partial charge < -0.3 is 19.9 Å². The molecule has 0 spiro atoms. The number of ether oxygens (including phenoxy) is 1. The molecule has 1 amide bonds. The average Bonchev–Trinajstić information content (AvgIpc) is 3.49. The molecule has 8 heteroatoms. The Labute approximate surface area is 182 Å². The van der Waals surface area contributed by atoms with Crippen molar-refractivity contribution in [2.45, 2.75) is 44.4 Å². The quantitative estimate of drug-likeness (QED) is 0.787. The number of aromatic nitrogens is 2. The van der Waals surface area contributed by atoms with E-state index in [-0.39, 0.29) is 18.1 Å². The summed E-state index contributed by atoms with van der Waals surface area (Å²) in [5.74, 6) is 0.828. The van der Waals surface area contributed by atoms with Crippen molar-refractivity contribution in [1.82, 2.24) is 20.2 Å². The van der Waals surface area contributed by atoms with Crippen molar-refractivity contribution in [2.24, 2.45) is 5.92 Å². The molecular formula is C23H28N6O2. The predicted molar refractivity (Wildman–Crippen MR) is 117 cm³/mol. The van der Waals surface area contributed by atoms with Crippen LogP contribution in [0.3, 0.4) is 0 Å². The summed E-state index contributed by atoms with van der Waals surface area (Å²) in [7, 11) is 0. The first-order valence-electron chi connectivity index (χ1n) is 11.2. The number of nitriles is 1. The van der Waals surface area contributed by atoms with Crippen molar-refractivity contribution in [3.05, 3.63) is 30.1 Å². The summed E-state index contributed by atoms with van der Waals surface area (Å²) < 4.78 is 6.01. The van der Waals surface area contributed by atoms with E-state index < -0.39 is 6.10 Å². The van der Waals surface area contributed by atoms with E-state index in [1.807, 2.05) is 13.0 Å². The fourth-order valence-electron chi connectivity index (χ4n) is 4.76. The van der Waals surface area contributed by atoms with E-state index in [2.05, 4.69) is 31.2 Å². The molecule has 1 aromatic carbocycles. The molecule has 3 fully saturated rings. The van der Waals surface area contributed by atoms with Crippen LogP contribution >= 0.6 is 0 Å². The third-order valence-electron chi connectivity index (χ3n) is 6.45. The molecule has 1 aliphatic carbocycles. The molecule has 5 rings (SSSR count). The molecule has 0 unspecified atom stereocenters. The highest BCUT2D eigenvalue weighted by Crippen LogP contribution is 2.31. The molecule has 1 saturated carbocycles. The summed E-state index contributed by atoms with van der Waals surface area (Å²) in [4.78, 5) is 26.5. The largest absolute Gasteiger partial charge is 0.364 e. The number of benzene rings is 1. The Morgan fingerprint density at radius 3 is 2.77 bits per heavy atom. The van der Waals surface area contributed by atoms with Crippen LogP contribution in [0, 0.1) is 17.2 Å². The van der Waals surface area contributed by atoms with E-state index >= 15 is 0 Å². The summed E-state index contributed by atoms with van der Waals surface area (Å²) in [5.41, 5.74) is 2.65. The molecule has 31 heavy (non-hydrogen) atoms. The molecule has 162 valence electrons. The maximum atomic E-state index is 13.0. The van der Waals surface area contributed by atoms with Gasteiger partial charge in [-0.3, -0.25) is 14.8 Å². The van der Waals surface area contributed by atoms with Gasteiger partial charge in [-0.05, 0) is 44.2 Å². The summed E-state index contributed by atoms with van der Waals surface area (Å²) in [6, 6.07) is 6.05. The molecule has 3 aliphatic rings. The lowest BCUT2D eigenvalue weighted by molar-refractivity contribution is -0.138. The second-order valence-corrected chi connectivity index (χ2v) is 9.04. The van der Waals surface area contributed by atoms with Crippen LogP contribution in [0.5, 0.6) is 0 Å². The minimum Gasteiger partial charge on any atom is -0.364 e. The van der Waals surface area contributed by atoms with Crippen molar-refractivity contribution in [3.8, 4) is 6.07 Å². The van der Waals surface area contributed by atoms with Crippen LogP contribution in [0.2, 0.25) is 0 Å². The topological polar surface area (TPSA) is 94.4 Å². The molecule has 2 aromatic rings. The van der Waals surface area contributed by atoms with Gasteiger partial charge in [-0.1, -0.05) is 0 Å². The van der Waals surface area contributed by atoms with E-state index in [1.54, 1.807) is 18.5 Å². The Hall–Kier alpha value is -2.76. The van der Waals surface area contributed by atoms with E-state index in [4.69, 9.17) is 4.74 Å². The van der Waals surface area contributed by atoms with Crippen LogP contribution in [0.4, 0.5) is 5.69 Å². The van der Waals surface area contributed by atoms with Crippen LogP contribution < -0.4 is 10.2 Å². The standard InChI is InChI=1S/C23H28N6O2/c1-15-11-29(19-5-4-17(10-24)21-22(19)26-8-7-25-21)14-20(31-15)23(30)27-18-6-9-28(13-18)12-16-2-3-16/h4-5,7-8,15-16,18,20H,2-3,6,9,11-14H2,1H3,(H,27,30)/t15-,18+,20-/m1/s1. The molecule has 3 atom stereocenters. The maximum Gasteiger partial charge on any atom is 0.251 e. The van der Waals surface area contributed by atoms with E-state index in [1.165, 1.54) is 19.4 Å². The number of amides is 1. The van der Waals surface area contributed by atoms with Gasteiger partial charge in [-0.15, -0.1) is 0 Å².